The molecule has 7 nitrogen and oxygen atoms in total. The van der Waals surface area contributed by atoms with Crippen LogP contribution in [0.1, 0.15) is 32.0 Å². The Morgan fingerprint density at radius 3 is 2.50 bits per heavy atom. The molecule has 0 radical (unpaired) electrons. The van der Waals surface area contributed by atoms with Gasteiger partial charge >= 0.3 is 0 Å². The van der Waals surface area contributed by atoms with Crippen molar-refractivity contribution in [2.45, 2.75) is 52.2 Å². The van der Waals surface area contributed by atoms with E-state index in [2.05, 4.69) is 54.1 Å². The van der Waals surface area contributed by atoms with Crippen LogP contribution in [0.15, 0.2) is 30.7 Å². The lowest BCUT2D eigenvalue weighted by Crippen LogP contribution is -2.41. The van der Waals surface area contributed by atoms with Gasteiger partial charge in [-0.25, -0.2) is 9.67 Å². The van der Waals surface area contributed by atoms with Crippen molar-refractivity contribution in [3.05, 3.63) is 47.1 Å². The van der Waals surface area contributed by atoms with E-state index in [4.69, 9.17) is 16.0 Å². The van der Waals surface area contributed by atoms with Crippen LogP contribution in [0.4, 0.5) is 0 Å². The van der Waals surface area contributed by atoms with Crippen LogP contribution < -0.4 is 0 Å². The highest BCUT2D eigenvalue weighted by molar-refractivity contribution is 6.74. The van der Waals surface area contributed by atoms with Gasteiger partial charge in [-0.1, -0.05) is 32.4 Å². The summed E-state index contributed by atoms with van der Waals surface area (Å²) in [5.74, 6) is 0.638. The molecule has 0 N–H and O–H groups in total. The van der Waals surface area contributed by atoms with Crippen LogP contribution in [0.25, 0.3) is 11.5 Å². The first-order chi connectivity index (χ1) is 13.1. The maximum absolute atomic E-state index is 6.50. The van der Waals surface area contributed by atoms with Crippen molar-refractivity contribution >= 4 is 19.9 Å². The molecule has 28 heavy (non-hydrogen) atoms. The molecule has 150 valence electrons. The largest absolute Gasteiger partial charge is 0.416 e. The van der Waals surface area contributed by atoms with E-state index in [9.17, 15) is 0 Å². The molecule has 0 atom stereocenters. The van der Waals surface area contributed by atoms with Crippen LogP contribution in [0.2, 0.25) is 23.3 Å². The van der Waals surface area contributed by atoms with Gasteiger partial charge in [0.2, 0.25) is 0 Å². The lowest BCUT2D eigenvalue weighted by Gasteiger charge is -2.36. The van der Waals surface area contributed by atoms with Gasteiger partial charge in [0.15, 0.2) is 14.1 Å². The molecule has 0 aromatic carbocycles. The van der Waals surface area contributed by atoms with Crippen molar-refractivity contribution in [3.63, 3.8) is 0 Å². The van der Waals surface area contributed by atoms with E-state index in [1.54, 1.807) is 17.1 Å². The van der Waals surface area contributed by atoms with Crippen molar-refractivity contribution in [2.24, 2.45) is 0 Å². The fourth-order valence-electron chi connectivity index (χ4n) is 2.59. The molecule has 9 heteroatoms. The molecule has 3 aromatic rings. The average Bonchev–Trinajstić information content (AvgIpc) is 3.26. The summed E-state index contributed by atoms with van der Waals surface area (Å²) < 4.78 is 8.13. The molecule has 3 aromatic heterocycles. The summed E-state index contributed by atoms with van der Waals surface area (Å²) in [6, 6.07) is 3.85. The Hall–Kier alpha value is -2.03. The van der Waals surface area contributed by atoms with Crippen molar-refractivity contribution in [2.75, 3.05) is 6.61 Å². The fourth-order valence-corrected chi connectivity index (χ4v) is 3.96. The summed E-state index contributed by atoms with van der Waals surface area (Å²) in [6.45, 7) is 13.7. The first-order valence-corrected chi connectivity index (χ1v) is 12.6. The van der Waals surface area contributed by atoms with Crippen molar-refractivity contribution in [1.82, 2.24) is 29.8 Å². The van der Waals surface area contributed by atoms with Gasteiger partial charge in [0.05, 0.1) is 18.1 Å². The normalized spacial score (nSPS) is 12.5. The third kappa shape index (κ3) is 4.34. The molecular formula is C19H27ClN6OSi. The fraction of sp³-hybridized carbons (Fsp3) is 0.474. The molecule has 0 spiro atoms. The third-order valence-corrected chi connectivity index (χ3v) is 10.1. The van der Waals surface area contributed by atoms with Crippen molar-refractivity contribution < 1.29 is 4.43 Å². The Bertz CT molecular complexity index is 946. The van der Waals surface area contributed by atoms with Crippen LogP contribution >= 0.6 is 11.6 Å². The van der Waals surface area contributed by atoms with Gasteiger partial charge in [-0.3, -0.25) is 0 Å². The molecule has 3 heterocycles. The van der Waals surface area contributed by atoms with Crippen molar-refractivity contribution in [1.29, 1.82) is 0 Å². The maximum atomic E-state index is 6.50. The van der Waals surface area contributed by atoms with E-state index in [0.29, 0.717) is 24.0 Å². The highest BCUT2D eigenvalue weighted by Crippen LogP contribution is 2.36. The Morgan fingerprint density at radius 1 is 1.18 bits per heavy atom. The quantitative estimate of drug-likeness (QED) is 0.439. The topological polar surface area (TPSA) is 70.7 Å². The van der Waals surface area contributed by atoms with Gasteiger partial charge in [-0.15, -0.1) is 9.90 Å². The first kappa shape index (κ1) is 20.7. The first-order valence-electron chi connectivity index (χ1n) is 9.31. The summed E-state index contributed by atoms with van der Waals surface area (Å²) in [4.78, 5) is 5.91. The Balaban J connectivity index is 1.87. The molecule has 0 aliphatic rings. The van der Waals surface area contributed by atoms with Crippen LogP contribution in [-0.4, -0.2) is 44.7 Å². The van der Waals surface area contributed by atoms with Crippen LogP contribution in [0, 0.1) is 6.92 Å². The standard InChI is InChI=1S/C19H27ClN6OSi/c1-14-13-16(25-11-7-17(24-25)26-21-9-10-22-26)15(18(20)23-14)8-12-27-28(5,6)19(2,3)4/h7,9-11,13H,8,12H2,1-6H3. The number of pyridine rings is 1. The van der Waals surface area contributed by atoms with E-state index < -0.39 is 8.32 Å². The second kappa shape index (κ2) is 7.77. The molecule has 3 rings (SSSR count). The summed E-state index contributed by atoms with van der Waals surface area (Å²) in [6.07, 6.45) is 5.79. The van der Waals surface area contributed by atoms with Gasteiger partial charge in [0, 0.05) is 30.1 Å². The lowest BCUT2D eigenvalue weighted by atomic mass is 10.1. The van der Waals surface area contributed by atoms with Crippen LogP contribution in [0.5, 0.6) is 0 Å². The zero-order chi connectivity index (χ0) is 20.5. The Morgan fingerprint density at radius 2 is 1.86 bits per heavy atom. The molecular weight excluding hydrogens is 392 g/mol. The zero-order valence-electron chi connectivity index (χ0n) is 17.3. The number of rotatable bonds is 6. The van der Waals surface area contributed by atoms with Gasteiger partial charge in [-0.2, -0.15) is 10.2 Å². The van der Waals surface area contributed by atoms with E-state index in [-0.39, 0.29) is 5.04 Å². The third-order valence-electron chi connectivity index (χ3n) is 5.24. The SMILES string of the molecule is Cc1cc(-n2ccc(-n3nccn3)n2)c(CCO[Si](C)(C)C(C)(C)C)c(Cl)n1. The van der Waals surface area contributed by atoms with E-state index in [1.165, 1.54) is 4.80 Å². The number of halogens is 1. The van der Waals surface area contributed by atoms with Gasteiger partial charge in [-0.05, 0) is 37.5 Å². The monoisotopic (exact) mass is 418 g/mol. The maximum Gasteiger partial charge on any atom is 0.196 e. The number of hydrogen-bond acceptors (Lipinski definition) is 5. The lowest BCUT2D eigenvalue weighted by molar-refractivity contribution is 0.291. The van der Waals surface area contributed by atoms with Crippen LogP contribution in [0.3, 0.4) is 0 Å². The number of aryl methyl sites for hydroxylation is 1. The van der Waals surface area contributed by atoms with Gasteiger partial charge < -0.3 is 4.43 Å². The molecule has 0 saturated heterocycles. The molecule has 0 saturated carbocycles. The highest BCUT2D eigenvalue weighted by atomic mass is 35.5. The number of nitrogens with zero attached hydrogens (tertiary/aromatic N) is 6. The van der Waals surface area contributed by atoms with E-state index in [1.807, 2.05) is 25.3 Å². The molecule has 0 fully saturated rings. The summed E-state index contributed by atoms with van der Waals surface area (Å²) in [5, 5.41) is 13.5. The molecule has 0 unspecified atom stereocenters. The predicted molar refractivity (Wildman–Crippen MR) is 113 cm³/mol. The molecule has 0 amide bonds. The molecule has 0 aliphatic carbocycles. The summed E-state index contributed by atoms with van der Waals surface area (Å²) >= 11 is 6.50. The van der Waals surface area contributed by atoms with Gasteiger partial charge in [0.25, 0.3) is 0 Å². The minimum absolute atomic E-state index is 0.165. The zero-order valence-corrected chi connectivity index (χ0v) is 19.0. The number of aromatic nitrogens is 6. The Labute approximate surface area is 171 Å². The van der Waals surface area contributed by atoms with E-state index >= 15 is 0 Å². The van der Waals surface area contributed by atoms with Crippen LogP contribution in [-0.2, 0) is 10.8 Å². The van der Waals surface area contributed by atoms with E-state index in [0.717, 1.165) is 16.9 Å². The second-order valence-corrected chi connectivity index (χ2v) is 13.5. The number of hydrogen-bond donors (Lipinski definition) is 0. The minimum atomic E-state index is -1.82. The second-order valence-electron chi connectivity index (χ2n) is 8.35. The summed E-state index contributed by atoms with van der Waals surface area (Å²) in [5.41, 5.74) is 2.66. The highest BCUT2D eigenvalue weighted by Gasteiger charge is 2.37. The smallest absolute Gasteiger partial charge is 0.196 e. The van der Waals surface area contributed by atoms with Crippen molar-refractivity contribution in [3.8, 4) is 11.5 Å². The average molecular weight is 419 g/mol. The minimum Gasteiger partial charge on any atom is -0.416 e. The summed E-state index contributed by atoms with van der Waals surface area (Å²) in [7, 11) is -1.82. The molecule has 0 aliphatic heterocycles. The van der Waals surface area contributed by atoms with Gasteiger partial charge in [0.1, 0.15) is 5.15 Å². The predicted octanol–water partition coefficient (Wildman–Crippen LogP) is 4.37. The molecule has 0 bridgehead atoms. The Kier molecular flexibility index (Phi) is 5.74.